The van der Waals surface area contributed by atoms with Crippen molar-refractivity contribution in [1.82, 2.24) is 0 Å². The zero-order valence-electron chi connectivity index (χ0n) is 18.6. The molecular formula is C28H46. The summed E-state index contributed by atoms with van der Waals surface area (Å²) in [5, 5.41) is 0. The monoisotopic (exact) mass is 382 g/mol. The van der Waals surface area contributed by atoms with Crippen molar-refractivity contribution in [3.8, 4) is 0 Å². The minimum Gasteiger partial charge on any atom is -0.0640 e. The second kappa shape index (κ2) is 11.0. The SMILES string of the molecule is C(C=C(C1CCCCC1)C1CCCCC1)=C(C1CCCCC1)C1CCCCC1. The topological polar surface area (TPSA) is 0 Å². The maximum absolute atomic E-state index is 2.74. The molecule has 28 heavy (non-hydrogen) atoms. The van der Waals surface area contributed by atoms with E-state index in [0.29, 0.717) is 0 Å². The minimum absolute atomic E-state index is 0.923. The van der Waals surface area contributed by atoms with Crippen LogP contribution in [0, 0.1) is 23.7 Å². The molecule has 0 aromatic heterocycles. The van der Waals surface area contributed by atoms with E-state index in [-0.39, 0.29) is 0 Å². The van der Waals surface area contributed by atoms with E-state index in [0.717, 1.165) is 23.7 Å². The maximum atomic E-state index is 2.74. The fourth-order valence-corrected chi connectivity index (χ4v) is 7.15. The van der Waals surface area contributed by atoms with Crippen molar-refractivity contribution in [2.45, 2.75) is 128 Å². The second-order valence-corrected chi connectivity index (χ2v) is 10.7. The number of hydrogen-bond acceptors (Lipinski definition) is 0. The highest BCUT2D eigenvalue weighted by molar-refractivity contribution is 5.25. The minimum atomic E-state index is 0.923. The van der Waals surface area contributed by atoms with E-state index >= 15 is 0 Å². The molecule has 0 spiro atoms. The summed E-state index contributed by atoms with van der Waals surface area (Å²) >= 11 is 0. The molecule has 4 aliphatic rings. The molecule has 4 rings (SSSR count). The van der Waals surface area contributed by atoms with Crippen LogP contribution in [0.1, 0.15) is 128 Å². The summed E-state index contributed by atoms with van der Waals surface area (Å²) in [7, 11) is 0. The fourth-order valence-electron chi connectivity index (χ4n) is 7.15. The largest absolute Gasteiger partial charge is 0.0640 e. The van der Waals surface area contributed by atoms with Crippen molar-refractivity contribution in [3.63, 3.8) is 0 Å². The molecule has 0 amide bonds. The molecule has 0 atom stereocenters. The molecule has 4 saturated carbocycles. The standard InChI is InChI=1S/C28H46/c1-5-13-23(14-6-1)27(24-15-7-2-8-16-24)21-22-28(25-17-9-3-10-18-25)26-19-11-4-12-20-26/h21-26H,1-20H2. The average molecular weight is 383 g/mol. The van der Waals surface area contributed by atoms with Crippen molar-refractivity contribution in [3.05, 3.63) is 23.3 Å². The Bertz CT molecular complexity index is 412. The van der Waals surface area contributed by atoms with Crippen LogP contribution in [-0.2, 0) is 0 Å². The van der Waals surface area contributed by atoms with Gasteiger partial charge in [0.1, 0.15) is 0 Å². The van der Waals surface area contributed by atoms with Crippen molar-refractivity contribution in [1.29, 1.82) is 0 Å². The number of rotatable bonds is 5. The first-order chi connectivity index (χ1) is 13.9. The molecule has 0 aliphatic heterocycles. The van der Waals surface area contributed by atoms with E-state index in [1.54, 1.807) is 0 Å². The Hall–Kier alpha value is -0.520. The van der Waals surface area contributed by atoms with Gasteiger partial charge in [-0.25, -0.2) is 0 Å². The number of allylic oxidation sites excluding steroid dienone is 4. The van der Waals surface area contributed by atoms with Gasteiger partial charge in [0.05, 0.1) is 0 Å². The van der Waals surface area contributed by atoms with E-state index in [1.165, 1.54) is 128 Å². The van der Waals surface area contributed by atoms with Crippen LogP contribution in [0.5, 0.6) is 0 Å². The smallest absolute Gasteiger partial charge is 0.0197 e. The third-order valence-corrected chi connectivity index (χ3v) is 8.77. The van der Waals surface area contributed by atoms with Gasteiger partial charge in [-0.2, -0.15) is 0 Å². The molecule has 0 bridgehead atoms. The van der Waals surface area contributed by atoms with Crippen molar-refractivity contribution in [2.75, 3.05) is 0 Å². The van der Waals surface area contributed by atoms with Gasteiger partial charge in [-0.3, -0.25) is 0 Å². The lowest BCUT2D eigenvalue weighted by Crippen LogP contribution is -2.20. The van der Waals surface area contributed by atoms with E-state index in [4.69, 9.17) is 0 Å². The third-order valence-electron chi connectivity index (χ3n) is 8.77. The molecule has 0 saturated heterocycles. The van der Waals surface area contributed by atoms with Crippen LogP contribution < -0.4 is 0 Å². The van der Waals surface area contributed by atoms with E-state index in [9.17, 15) is 0 Å². The van der Waals surface area contributed by atoms with Gasteiger partial charge in [-0.1, -0.05) is 100 Å². The van der Waals surface area contributed by atoms with Crippen molar-refractivity contribution in [2.24, 2.45) is 23.7 Å². The first kappa shape index (κ1) is 20.7. The summed E-state index contributed by atoms with van der Waals surface area (Å²) in [6, 6.07) is 0. The lowest BCUT2D eigenvalue weighted by Gasteiger charge is -2.34. The maximum Gasteiger partial charge on any atom is -0.0197 e. The molecule has 0 heterocycles. The van der Waals surface area contributed by atoms with Gasteiger partial charge >= 0.3 is 0 Å². The predicted octanol–water partition coefficient (Wildman–Crippen LogP) is 9.16. The van der Waals surface area contributed by atoms with Crippen molar-refractivity contribution >= 4 is 0 Å². The Morgan fingerprint density at radius 2 is 0.536 bits per heavy atom. The Labute approximate surface area is 175 Å². The summed E-state index contributed by atoms with van der Waals surface area (Å²) in [6.45, 7) is 0. The summed E-state index contributed by atoms with van der Waals surface area (Å²) in [5.41, 5.74) is 3.81. The van der Waals surface area contributed by atoms with Crippen LogP contribution in [0.25, 0.3) is 0 Å². The fraction of sp³-hybridized carbons (Fsp3) is 0.857. The van der Waals surface area contributed by atoms with Gasteiger partial charge in [0.15, 0.2) is 0 Å². The molecule has 0 unspecified atom stereocenters. The van der Waals surface area contributed by atoms with Gasteiger partial charge in [-0.05, 0) is 75.0 Å². The summed E-state index contributed by atoms with van der Waals surface area (Å²) < 4.78 is 0. The Balaban J connectivity index is 1.58. The van der Waals surface area contributed by atoms with Crippen LogP contribution in [-0.4, -0.2) is 0 Å². The summed E-state index contributed by atoms with van der Waals surface area (Å²) in [5.74, 6) is 3.69. The summed E-state index contributed by atoms with van der Waals surface area (Å²) in [4.78, 5) is 0. The average Bonchev–Trinajstić information content (AvgIpc) is 2.79. The first-order valence-electron chi connectivity index (χ1n) is 13.3. The van der Waals surface area contributed by atoms with E-state index in [2.05, 4.69) is 12.2 Å². The third kappa shape index (κ3) is 5.54. The highest BCUT2D eigenvalue weighted by Crippen LogP contribution is 2.42. The molecule has 158 valence electrons. The summed E-state index contributed by atoms with van der Waals surface area (Å²) in [6.07, 6.45) is 35.2. The van der Waals surface area contributed by atoms with E-state index < -0.39 is 0 Å². The van der Waals surface area contributed by atoms with Crippen molar-refractivity contribution < 1.29 is 0 Å². The molecule has 0 radical (unpaired) electrons. The van der Waals surface area contributed by atoms with Crippen LogP contribution in [0.4, 0.5) is 0 Å². The zero-order valence-corrected chi connectivity index (χ0v) is 18.6. The molecular weight excluding hydrogens is 336 g/mol. The van der Waals surface area contributed by atoms with Crippen LogP contribution in [0.15, 0.2) is 23.3 Å². The predicted molar refractivity (Wildman–Crippen MR) is 122 cm³/mol. The molecule has 0 aromatic rings. The van der Waals surface area contributed by atoms with Gasteiger partial charge in [0, 0.05) is 0 Å². The van der Waals surface area contributed by atoms with Crippen LogP contribution >= 0.6 is 0 Å². The van der Waals surface area contributed by atoms with Gasteiger partial charge in [-0.15, -0.1) is 0 Å². The second-order valence-electron chi connectivity index (χ2n) is 10.7. The lowest BCUT2D eigenvalue weighted by atomic mass is 9.71. The number of hydrogen-bond donors (Lipinski definition) is 0. The normalized spacial score (nSPS) is 26.7. The van der Waals surface area contributed by atoms with Crippen LogP contribution in [0.3, 0.4) is 0 Å². The van der Waals surface area contributed by atoms with Gasteiger partial charge in [0.25, 0.3) is 0 Å². The molecule has 0 heteroatoms. The molecule has 4 aliphatic carbocycles. The zero-order chi connectivity index (χ0) is 19.0. The van der Waals surface area contributed by atoms with Gasteiger partial charge in [0.2, 0.25) is 0 Å². The Kier molecular flexibility index (Phi) is 8.17. The van der Waals surface area contributed by atoms with Gasteiger partial charge < -0.3 is 0 Å². The van der Waals surface area contributed by atoms with E-state index in [1.807, 2.05) is 11.1 Å². The molecule has 0 aromatic carbocycles. The molecule has 0 N–H and O–H groups in total. The lowest BCUT2D eigenvalue weighted by molar-refractivity contribution is 0.322. The molecule has 4 fully saturated rings. The highest BCUT2D eigenvalue weighted by atomic mass is 14.3. The molecule has 0 nitrogen and oxygen atoms in total. The Morgan fingerprint density at radius 3 is 0.750 bits per heavy atom. The quantitative estimate of drug-likeness (QED) is 0.416. The highest BCUT2D eigenvalue weighted by Gasteiger charge is 2.28. The first-order valence-corrected chi connectivity index (χ1v) is 13.3. The van der Waals surface area contributed by atoms with Crippen LogP contribution in [0.2, 0.25) is 0 Å². The Morgan fingerprint density at radius 1 is 0.321 bits per heavy atom.